The van der Waals surface area contributed by atoms with Crippen molar-refractivity contribution in [2.24, 2.45) is 5.10 Å². The monoisotopic (exact) mass is 477 g/mol. The quantitative estimate of drug-likeness (QED) is 0.403. The van der Waals surface area contributed by atoms with Gasteiger partial charge in [-0.1, -0.05) is 34.1 Å². The number of thioether (sulfide) groups is 1. The number of nitrogens with zero attached hydrogens (tertiary/aromatic N) is 1. The molecule has 0 saturated heterocycles. The Morgan fingerprint density at radius 1 is 1.14 bits per heavy atom. The average Bonchev–Trinajstić information content (AvgIpc) is 2.68. The van der Waals surface area contributed by atoms with E-state index in [0.717, 1.165) is 21.4 Å². The highest BCUT2D eigenvalue weighted by Gasteiger charge is 2.05. The lowest BCUT2D eigenvalue weighted by Crippen LogP contribution is -2.34. The summed E-state index contributed by atoms with van der Waals surface area (Å²) in [5, 5.41) is 6.73. The molecule has 0 spiro atoms. The highest BCUT2D eigenvalue weighted by molar-refractivity contribution is 9.10. The first-order chi connectivity index (χ1) is 13.9. The van der Waals surface area contributed by atoms with Gasteiger partial charge in [0.25, 0.3) is 5.91 Å². The zero-order valence-electron chi connectivity index (χ0n) is 16.4. The lowest BCUT2D eigenvalue weighted by atomic mass is 10.2. The molecule has 6 nitrogen and oxygen atoms in total. The predicted octanol–water partition coefficient (Wildman–Crippen LogP) is 3.74. The predicted molar refractivity (Wildman–Crippen MR) is 121 cm³/mol. The number of rotatable bonds is 10. The maximum absolute atomic E-state index is 11.9. The van der Waals surface area contributed by atoms with Crippen LogP contribution < -0.4 is 15.5 Å². The van der Waals surface area contributed by atoms with E-state index >= 15 is 0 Å². The molecule has 0 bridgehead atoms. The number of carbonyl (C=O) groups excluding carboxylic acids is 2. The van der Waals surface area contributed by atoms with Crippen LogP contribution in [-0.4, -0.2) is 36.4 Å². The zero-order valence-corrected chi connectivity index (χ0v) is 18.8. The number of ether oxygens (including phenoxy) is 1. The van der Waals surface area contributed by atoms with Gasteiger partial charge in [0.15, 0.2) is 6.61 Å². The molecule has 0 heterocycles. The Morgan fingerprint density at radius 2 is 1.86 bits per heavy atom. The van der Waals surface area contributed by atoms with E-state index in [1.165, 1.54) is 11.8 Å². The third-order valence-corrected chi connectivity index (χ3v) is 5.31. The van der Waals surface area contributed by atoms with E-state index in [9.17, 15) is 9.59 Å². The summed E-state index contributed by atoms with van der Waals surface area (Å²) in [7, 11) is 0. The lowest BCUT2D eigenvalue weighted by molar-refractivity contribution is -0.123. The maximum Gasteiger partial charge on any atom is 0.258 e. The van der Waals surface area contributed by atoms with Crippen LogP contribution in [0.2, 0.25) is 0 Å². The molecular weight excluding hydrogens is 454 g/mol. The minimum atomic E-state index is -0.161. The number of benzene rings is 2. The summed E-state index contributed by atoms with van der Waals surface area (Å²) >= 11 is 5.02. The van der Waals surface area contributed by atoms with E-state index in [1.807, 2.05) is 38.1 Å². The molecule has 2 N–H and O–H groups in total. The van der Waals surface area contributed by atoms with Crippen molar-refractivity contribution < 1.29 is 14.3 Å². The standard InChI is InChI=1S/C21H24BrN3O3S/c1-15(2)24-20(26)12-28-18-9-7-16(8-10-18)11-23-25-21(27)14-29-13-17-5-3-4-6-19(17)22/h3-11,15H,12-14H2,1-2H3,(H,24,26)(H,25,27)/b23-11+. The number of carbonyl (C=O) groups is 2. The van der Waals surface area contributed by atoms with Crippen LogP contribution in [0.5, 0.6) is 5.75 Å². The Labute approximate surface area is 183 Å². The van der Waals surface area contributed by atoms with Crippen molar-refractivity contribution in [1.29, 1.82) is 0 Å². The molecule has 2 rings (SSSR count). The molecule has 0 atom stereocenters. The first-order valence-corrected chi connectivity index (χ1v) is 11.0. The summed E-state index contributed by atoms with van der Waals surface area (Å²) in [4.78, 5) is 23.4. The molecule has 0 aliphatic rings. The van der Waals surface area contributed by atoms with Crippen molar-refractivity contribution in [1.82, 2.24) is 10.7 Å². The van der Waals surface area contributed by atoms with E-state index in [-0.39, 0.29) is 24.5 Å². The van der Waals surface area contributed by atoms with E-state index in [2.05, 4.69) is 31.8 Å². The second kappa shape index (κ2) is 12.3. The second-order valence-electron chi connectivity index (χ2n) is 6.46. The molecular formula is C21H24BrN3O3S. The average molecular weight is 478 g/mol. The molecule has 0 fully saturated rings. The van der Waals surface area contributed by atoms with Gasteiger partial charge in [0.1, 0.15) is 5.75 Å². The second-order valence-corrected chi connectivity index (χ2v) is 8.30. The van der Waals surface area contributed by atoms with Crippen molar-refractivity contribution in [3.8, 4) is 5.75 Å². The van der Waals surface area contributed by atoms with Crippen LogP contribution in [-0.2, 0) is 15.3 Å². The van der Waals surface area contributed by atoms with Gasteiger partial charge in [0.05, 0.1) is 12.0 Å². The Hall–Kier alpha value is -2.32. The van der Waals surface area contributed by atoms with Crippen LogP contribution in [0, 0.1) is 0 Å². The van der Waals surface area contributed by atoms with Gasteiger partial charge >= 0.3 is 0 Å². The van der Waals surface area contributed by atoms with Gasteiger partial charge in [0.2, 0.25) is 5.91 Å². The van der Waals surface area contributed by atoms with Gasteiger partial charge in [-0.15, -0.1) is 11.8 Å². The van der Waals surface area contributed by atoms with Crippen molar-refractivity contribution in [3.63, 3.8) is 0 Å². The van der Waals surface area contributed by atoms with Crippen LogP contribution in [0.1, 0.15) is 25.0 Å². The molecule has 0 unspecified atom stereocenters. The largest absolute Gasteiger partial charge is 0.484 e. The molecule has 0 aliphatic heterocycles. The Bertz CT molecular complexity index is 841. The van der Waals surface area contributed by atoms with E-state index in [0.29, 0.717) is 11.5 Å². The fourth-order valence-electron chi connectivity index (χ4n) is 2.24. The van der Waals surface area contributed by atoms with Gasteiger partial charge in [-0.25, -0.2) is 5.43 Å². The van der Waals surface area contributed by atoms with E-state index < -0.39 is 0 Å². The fourth-order valence-corrected chi connectivity index (χ4v) is 3.68. The van der Waals surface area contributed by atoms with Crippen LogP contribution >= 0.6 is 27.7 Å². The van der Waals surface area contributed by atoms with Crippen LogP contribution in [0.25, 0.3) is 0 Å². The summed E-state index contributed by atoms with van der Waals surface area (Å²) in [6.07, 6.45) is 1.56. The third kappa shape index (κ3) is 9.15. The molecule has 0 aliphatic carbocycles. The van der Waals surface area contributed by atoms with Crippen LogP contribution in [0.15, 0.2) is 58.1 Å². The van der Waals surface area contributed by atoms with E-state index in [4.69, 9.17) is 4.74 Å². The number of nitrogens with one attached hydrogen (secondary N) is 2. The Morgan fingerprint density at radius 3 is 2.55 bits per heavy atom. The molecule has 0 radical (unpaired) electrons. The van der Waals surface area contributed by atoms with Gasteiger partial charge in [-0.05, 0) is 55.3 Å². The Balaban J connectivity index is 1.69. The number of hydrogen-bond donors (Lipinski definition) is 2. The van der Waals surface area contributed by atoms with Gasteiger partial charge in [-0.2, -0.15) is 5.10 Å². The summed E-state index contributed by atoms with van der Waals surface area (Å²) in [5.74, 6) is 1.34. The van der Waals surface area contributed by atoms with Crippen LogP contribution in [0.4, 0.5) is 0 Å². The fraction of sp³-hybridized carbons (Fsp3) is 0.286. The number of hydrazone groups is 1. The Kier molecular flexibility index (Phi) is 9.73. The SMILES string of the molecule is CC(C)NC(=O)COc1ccc(/C=N/NC(=O)CSCc2ccccc2Br)cc1. The molecule has 0 aromatic heterocycles. The number of amides is 2. The topological polar surface area (TPSA) is 79.8 Å². The van der Waals surface area contributed by atoms with Crippen molar-refractivity contribution >= 4 is 45.7 Å². The molecule has 2 aromatic rings. The van der Waals surface area contributed by atoms with Gasteiger partial charge < -0.3 is 10.1 Å². The van der Waals surface area contributed by atoms with Crippen LogP contribution in [0.3, 0.4) is 0 Å². The summed E-state index contributed by atoms with van der Waals surface area (Å²) < 4.78 is 6.46. The van der Waals surface area contributed by atoms with Gasteiger partial charge in [0, 0.05) is 16.3 Å². The minimum Gasteiger partial charge on any atom is -0.484 e. The van der Waals surface area contributed by atoms with Crippen molar-refractivity contribution in [3.05, 3.63) is 64.1 Å². The summed E-state index contributed by atoms with van der Waals surface area (Å²) in [6.45, 7) is 3.76. The highest BCUT2D eigenvalue weighted by Crippen LogP contribution is 2.21. The molecule has 8 heteroatoms. The van der Waals surface area contributed by atoms with Crippen molar-refractivity contribution in [2.75, 3.05) is 12.4 Å². The number of hydrogen-bond acceptors (Lipinski definition) is 5. The zero-order chi connectivity index (χ0) is 21.1. The molecule has 2 amide bonds. The maximum atomic E-state index is 11.9. The molecule has 0 saturated carbocycles. The van der Waals surface area contributed by atoms with E-state index in [1.54, 1.807) is 30.5 Å². The molecule has 29 heavy (non-hydrogen) atoms. The number of halogens is 1. The minimum absolute atomic E-state index is 0.0289. The lowest BCUT2D eigenvalue weighted by Gasteiger charge is -2.09. The first kappa shape index (κ1) is 23.0. The van der Waals surface area contributed by atoms with Crippen molar-refractivity contribution in [2.45, 2.75) is 25.6 Å². The molecule has 154 valence electrons. The third-order valence-electron chi connectivity index (χ3n) is 3.55. The summed E-state index contributed by atoms with van der Waals surface area (Å²) in [6, 6.07) is 15.1. The smallest absolute Gasteiger partial charge is 0.258 e. The van der Waals surface area contributed by atoms with Gasteiger partial charge in [-0.3, -0.25) is 9.59 Å². The first-order valence-electron chi connectivity index (χ1n) is 9.09. The normalized spacial score (nSPS) is 10.9. The highest BCUT2D eigenvalue weighted by atomic mass is 79.9. The summed E-state index contributed by atoms with van der Waals surface area (Å²) in [5.41, 5.74) is 4.48. The molecule has 2 aromatic carbocycles.